The van der Waals surface area contributed by atoms with Crippen LogP contribution in [0.4, 0.5) is 0 Å². The summed E-state index contributed by atoms with van der Waals surface area (Å²) in [6.45, 7) is 7.23. The molecule has 0 radical (unpaired) electrons. The minimum atomic E-state index is -0.788. The van der Waals surface area contributed by atoms with Gasteiger partial charge in [-0.05, 0) is 28.8 Å². The highest BCUT2D eigenvalue weighted by molar-refractivity contribution is 7.85. The normalized spacial score (nSPS) is 14.5. The molecule has 0 saturated carbocycles. The molecular formula is C18H25NOS. The maximum absolute atomic E-state index is 12.3. The molecule has 0 bridgehead atoms. The quantitative estimate of drug-likeness (QED) is 0.840. The van der Waals surface area contributed by atoms with Crippen molar-refractivity contribution in [3.05, 3.63) is 48.0 Å². The van der Waals surface area contributed by atoms with Gasteiger partial charge in [-0.15, -0.1) is 0 Å². The van der Waals surface area contributed by atoms with Gasteiger partial charge in [-0.1, -0.05) is 63.2 Å². The summed E-state index contributed by atoms with van der Waals surface area (Å²) in [5.41, 5.74) is 1.26. The summed E-state index contributed by atoms with van der Waals surface area (Å²) < 4.78 is 12.3. The van der Waals surface area contributed by atoms with Crippen LogP contribution in [0.3, 0.4) is 0 Å². The Bertz CT molecular complexity index is 604. The Balaban J connectivity index is 2.30. The molecule has 2 unspecified atom stereocenters. The first-order chi connectivity index (χ1) is 10.1. The van der Waals surface area contributed by atoms with Gasteiger partial charge in [0, 0.05) is 28.3 Å². The van der Waals surface area contributed by atoms with Crippen LogP contribution in [0.15, 0.2) is 42.5 Å². The largest absolute Gasteiger partial charge is 0.309 e. The van der Waals surface area contributed by atoms with Crippen molar-refractivity contribution in [2.24, 2.45) is 5.92 Å². The van der Waals surface area contributed by atoms with E-state index in [0.29, 0.717) is 11.7 Å². The predicted octanol–water partition coefficient (Wildman–Crippen LogP) is 3.90. The van der Waals surface area contributed by atoms with Crippen molar-refractivity contribution in [2.45, 2.75) is 26.8 Å². The predicted molar refractivity (Wildman–Crippen MR) is 93.1 cm³/mol. The fraction of sp³-hybridized carbons (Fsp3) is 0.444. The van der Waals surface area contributed by atoms with Gasteiger partial charge in [0.1, 0.15) is 0 Å². The summed E-state index contributed by atoms with van der Waals surface area (Å²) in [7, 11) is -0.788. The zero-order valence-corrected chi connectivity index (χ0v) is 14.0. The second kappa shape index (κ2) is 7.71. The van der Waals surface area contributed by atoms with E-state index < -0.39 is 10.8 Å². The molecule has 0 amide bonds. The minimum Gasteiger partial charge on any atom is -0.309 e. The molecule has 114 valence electrons. The molecule has 2 aromatic rings. The third-order valence-electron chi connectivity index (χ3n) is 3.52. The molecule has 21 heavy (non-hydrogen) atoms. The van der Waals surface area contributed by atoms with Crippen molar-refractivity contribution >= 4 is 21.6 Å². The third-order valence-corrected chi connectivity index (χ3v) is 5.26. The minimum absolute atomic E-state index is 0.153. The highest BCUT2D eigenvalue weighted by atomic mass is 32.2. The average Bonchev–Trinajstić information content (AvgIpc) is 2.45. The molecule has 0 aliphatic rings. The van der Waals surface area contributed by atoms with Gasteiger partial charge in [-0.25, -0.2) is 0 Å². The van der Waals surface area contributed by atoms with Crippen LogP contribution in [0.1, 0.15) is 32.4 Å². The highest BCUT2D eigenvalue weighted by Crippen LogP contribution is 2.25. The van der Waals surface area contributed by atoms with Gasteiger partial charge in [-0.2, -0.15) is 0 Å². The van der Waals surface area contributed by atoms with Gasteiger partial charge in [0.15, 0.2) is 0 Å². The van der Waals surface area contributed by atoms with Crippen molar-refractivity contribution in [3.63, 3.8) is 0 Å². The summed E-state index contributed by atoms with van der Waals surface area (Å²) in [6, 6.07) is 14.9. The number of hydrogen-bond acceptors (Lipinski definition) is 2. The molecule has 3 heteroatoms. The number of fused-ring (bicyclic) bond motifs is 1. The van der Waals surface area contributed by atoms with Crippen LogP contribution in [0, 0.1) is 5.92 Å². The van der Waals surface area contributed by atoms with E-state index in [4.69, 9.17) is 0 Å². The van der Waals surface area contributed by atoms with Crippen LogP contribution in [0.2, 0.25) is 0 Å². The molecule has 0 aliphatic heterocycles. The number of benzene rings is 2. The van der Waals surface area contributed by atoms with E-state index in [9.17, 15) is 4.21 Å². The Morgan fingerprint density at radius 2 is 1.76 bits per heavy atom. The molecule has 2 nitrogen and oxygen atoms in total. The van der Waals surface area contributed by atoms with Crippen molar-refractivity contribution in [1.82, 2.24) is 5.32 Å². The second-order valence-corrected chi connectivity index (χ2v) is 7.39. The first kappa shape index (κ1) is 16.2. The van der Waals surface area contributed by atoms with E-state index in [-0.39, 0.29) is 6.04 Å². The Labute approximate surface area is 130 Å². The molecular weight excluding hydrogens is 278 g/mol. The van der Waals surface area contributed by atoms with Crippen molar-refractivity contribution in [1.29, 1.82) is 0 Å². The molecule has 0 aliphatic carbocycles. The van der Waals surface area contributed by atoms with Crippen LogP contribution in [-0.2, 0) is 10.8 Å². The molecule has 0 fully saturated rings. The Morgan fingerprint density at radius 3 is 2.48 bits per heavy atom. The molecule has 0 heterocycles. The molecule has 2 atom stereocenters. The fourth-order valence-corrected chi connectivity index (χ4v) is 4.23. The summed E-state index contributed by atoms with van der Waals surface area (Å²) in [5, 5.41) is 6.00. The van der Waals surface area contributed by atoms with E-state index in [2.05, 4.69) is 68.6 Å². The summed E-state index contributed by atoms with van der Waals surface area (Å²) in [4.78, 5) is 0. The maximum Gasteiger partial charge on any atom is 0.0442 e. The molecule has 0 saturated heterocycles. The van der Waals surface area contributed by atoms with E-state index in [1.165, 1.54) is 16.3 Å². The second-order valence-electron chi connectivity index (χ2n) is 5.85. The van der Waals surface area contributed by atoms with Crippen LogP contribution < -0.4 is 5.32 Å². The van der Waals surface area contributed by atoms with Gasteiger partial charge in [0.2, 0.25) is 0 Å². The summed E-state index contributed by atoms with van der Waals surface area (Å²) >= 11 is 0. The fourth-order valence-electron chi connectivity index (χ4n) is 2.69. The van der Waals surface area contributed by atoms with Crippen LogP contribution in [0.5, 0.6) is 0 Å². The van der Waals surface area contributed by atoms with E-state index in [1.54, 1.807) is 0 Å². The SMILES string of the molecule is CCNC(CS(=O)CC(C)C)c1cccc2ccccc12. The first-order valence-electron chi connectivity index (χ1n) is 7.67. The van der Waals surface area contributed by atoms with E-state index in [1.807, 2.05) is 0 Å². The standard InChI is InChI=1S/C18H25NOS/c1-4-19-18(13-21(20)12-14(2)3)17-11-7-9-15-8-5-6-10-16(15)17/h5-11,14,18-19H,4,12-13H2,1-3H3. The highest BCUT2D eigenvalue weighted by Gasteiger charge is 2.17. The van der Waals surface area contributed by atoms with Gasteiger partial charge in [0.05, 0.1) is 0 Å². The van der Waals surface area contributed by atoms with Gasteiger partial charge in [-0.3, -0.25) is 4.21 Å². The van der Waals surface area contributed by atoms with Gasteiger partial charge < -0.3 is 5.32 Å². The maximum atomic E-state index is 12.3. The summed E-state index contributed by atoms with van der Waals surface area (Å²) in [6.07, 6.45) is 0. The molecule has 2 aromatic carbocycles. The van der Waals surface area contributed by atoms with Gasteiger partial charge in [0.25, 0.3) is 0 Å². The summed E-state index contributed by atoms with van der Waals surface area (Å²) in [5.74, 6) is 1.92. The monoisotopic (exact) mass is 303 g/mol. The Morgan fingerprint density at radius 1 is 1.05 bits per heavy atom. The zero-order chi connectivity index (χ0) is 15.2. The topological polar surface area (TPSA) is 29.1 Å². The lowest BCUT2D eigenvalue weighted by Crippen LogP contribution is -2.27. The number of nitrogens with one attached hydrogen (secondary N) is 1. The lowest BCUT2D eigenvalue weighted by Gasteiger charge is -2.20. The zero-order valence-electron chi connectivity index (χ0n) is 13.1. The van der Waals surface area contributed by atoms with Crippen LogP contribution in [0.25, 0.3) is 10.8 Å². The van der Waals surface area contributed by atoms with E-state index in [0.717, 1.165) is 12.3 Å². The Hall–Kier alpha value is -1.19. The smallest absolute Gasteiger partial charge is 0.0442 e. The first-order valence-corrected chi connectivity index (χ1v) is 9.16. The van der Waals surface area contributed by atoms with Crippen LogP contribution >= 0.6 is 0 Å². The molecule has 2 rings (SSSR count). The third kappa shape index (κ3) is 4.39. The molecule has 0 aromatic heterocycles. The molecule has 0 spiro atoms. The molecule has 1 N–H and O–H groups in total. The lowest BCUT2D eigenvalue weighted by molar-refractivity contribution is 0.594. The van der Waals surface area contributed by atoms with Crippen molar-refractivity contribution in [2.75, 3.05) is 18.1 Å². The number of rotatable bonds is 7. The Kier molecular flexibility index (Phi) is 5.95. The van der Waals surface area contributed by atoms with Crippen LogP contribution in [-0.4, -0.2) is 22.3 Å². The van der Waals surface area contributed by atoms with Crippen molar-refractivity contribution < 1.29 is 4.21 Å². The van der Waals surface area contributed by atoms with E-state index >= 15 is 0 Å². The van der Waals surface area contributed by atoms with Gasteiger partial charge >= 0.3 is 0 Å². The number of hydrogen-bond donors (Lipinski definition) is 1. The lowest BCUT2D eigenvalue weighted by atomic mass is 9.99. The average molecular weight is 303 g/mol. The van der Waals surface area contributed by atoms with Crippen molar-refractivity contribution in [3.8, 4) is 0 Å².